The summed E-state index contributed by atoms with van der Waals surface area (Å²) in [6, 6.07) is 0. The quantitative estimate of drug-likeness (QED) is 0.461. The summed E-state index contributed by atoms with van der Waals surface area (Å²) in [6.07, 6.45) is 0.420. The van der Waals surface area contributed by atoms with Crippen molar-refractivity contribution < 1.29 is 68.7 Å². The number of fused-ring (bicyclic) bond motifs is 3. The van der Waals surface area contributed by atoms with E-state index in [4.69, 9.17) is 0 Å². The molecule has 0 N–H and O–H groups in total. The van der Waals surface area contributed by atoms with E-state index in [9.17, 15) is 17.3 Å². The van der Waals surface area contributed by atoms with E-state index in [2.05, 4.69) is 0 Å². The Morgan fingerprint density at radius 2 is 1.14 bits per heavy atom. The third-order valence-corrected chi connectivity index (χ3v) is 3.91. The van der Waals surface area contributed by atoms with Gasteiger partial charge in [0.05, 0.1) is 0 Å². The predicted octanol–water partition coefficient (Wildman–Crippen LogP) is 0.654. The van der Waals surface area contributed by atoms with Crippen molar-refractivity contribution in [2.24, 2.45) is 0 Å². The fourth-order valence-electron chi connectivity index (χ4n) is 2.66. The second kappa shape index (κ2) is 4.02. The van der Waals surface area contributed by atoms with Gasteiger partial charge in [0.2, 0.25) is 0 Å². The van der Waals surface area contributed by atoms with Gasteiger partial charge in [-0.3, -0.25) is 0 Å². The summed E-state index contributed by atoms with van der Waals surface area (Å²) < 4.78 is 51.6. The third-order valence-electron chi connectivity index (χ3n) is 3.91. The van der Waals surface area contributed by atoms with Crippen molar-refractivity contribution >= 4 is 6.98 Å². The van der Waals surface area contributed by atoms with E-state index < -0.39 is 18.0 Å². The fourth-order valence-corrected chi connectivity index (χ4v) is 2.66. The van der Waals surface area contributed by atoms with Gasteiger partial charge < -0.3 is 12.9 Å². The molecule has 3 saturated carbocycles. The Bertz CT molecular complexity index is 203. The fraction of sp³-hybridized carbons (Fsp3) is 1.00. The summed E-state index contributed by atoms with van der Waals surface area (Å²) >= 11 is 0. The molecule has 0 aliphatic heterocycles. The van der Waals surface area contributed by atoms with Gasteiger partial charge in [0, 0.05) is 0 Å². The summed E-state index contributed by atoms with van der Waals surface area (Å²) in [6.45, 7) is -4.78. The summed E-state index contributed by atoms with van der Waals surface area (Å²) in [5.41, 5.74) is -1.26. The molecule has 3 fully saturated rings. The van der Waals surface area contributed by atoms with Crippen molar-refractivity contribution in [1.29, 1.82) is 0 Å². The zero-order chi connectivity index (χ0) is 9.74. The maximum Gasteiger partial charge on any atom is 1.00 e. The van der Waals surface area contributed by atoms with Crippen LogP contribution in [0.3, 0.4) is 0 Å². The Kier molecular flexibility index (Phi) is 3.87. The molecular formula is C8H12BF4K. The van der Waals surface area contributed by atoms with Gasteiger partial charge >= 0.3 is 58.4 Å². The van der Waals surface area contributed by atoms with Gasteiger partial charge in [0.25, 0.3) is 0 Å². The molecular weight excluding hydrogens is 222 g/mol. The summed E-state index contributed by atoms with van der Waals surface area (Å²) in [5, 5.41) is -1.48. The van der Waals surface area contributed by atoms with E-state index in [1.807, 2.05) is 0 Å². The van der Waals surface area contributed by atoms with Crippen molar-refractivity contribution in [3.63, 3.8) is 0 Å². The zero-order valence-electron chi connectivity index (χ0n) is 8.33. The van der Waals surface area contributed by atoms with Gasteiger partial charge in [-0.2, -0.15) is 0 Å². The van der Waals surface area contributed by atoms with E-state index in [-0.39, 0.29) is 89.9 Å². The molecule has 0 heterocycles. The van der Waals surface area contributed by atoms with Crippen molar-refractivity contribution in [1.82, 2.24) is 0 Å². The van der Waals surface area contributed by atoms with Crippen LogP contribution >= 0.6 is 0 Å². The monoisotopic (exact) mass is 234 g/mol. The second-order valence-corrected chi connectivity index (χ2v) is 4.59. The molecule has 0 nitrogen and oxygen atoms in total. The van der Waals surface area contributed by atoms with Crippen LogP contribution in [-0.4, -0.2) is 12.6 Å². The summed E-state index contributed by atoms with van der Waals surface area (Å²) in [4.78, 5) is 0. The molecule has 0 aromatic heterocycles. The van der Waals surface area contributed by atoms with E-state index in [0.717, 1.165) is 0 Å². The van der Waals surface area contributed by atoms with E-state index >= 15 is 0 Å². The molecule has 2 bridgehead atoms. The second-order valence-electron chi connectivity index (χ2n) is 4.59. The molecule has 14 heavy (non-hydrogen) atoms. The molecule has 0 spiro atoms. The van der Waals surface area contributed by atoms with Crippen LogP contribution in [0.4, 0.5) is 17.3 Å². The van der Waals surface area contributed by atoms with Crippen LogP contribution in [0.25, 0.3) is 0 Å². The molecule has 0 aromatic rings. The van der Waals surface area contributed by atoms with E-state index in [1.54, 1.807) is 0 Å². The number of hydrogen-bond donors (Lipinski definition) is 0. The van der Waals surface area contributed by atoms with Crippen molar-refractivity contribution in [2.45, 2.75) is 49.5 Å². The minimum absolute atomic E-state index is 0. The van der Waals surface area contributed by atoms with Crippen LogP contribution in [0.15, 0.2) is 0 Å². The van der Waals surface area contributed by atoms with Gasteiger partial charge in [-0.15, -0.1) is 0 Å². The normalized spacial score (nSPS) is 42.0. The average molecular weight is 234 g/mol. The van der Waals surface area contributed by atoms with Crippen LogP contribution in [0.1, 0.15) is 38.5 Å². The first-order valence-electron chi connectivity index (χ1n) is 4.75. The van der Waals surface area contributed by atoms with Crippen molar-refractivity contribution in [3.05, 3.63) is 0 Å². The molecule has 3 aliphatic carbocycles. The molecule has 6 heteroatoms. The largest absolute Gasteiger partial charge is 1.00 e. The first kappa shape index (κ1) is 13.5. The smallest absolute Gasteiger partial charge is 0.449 e. The van der Waals surface area contributed by atoms with E-state index in [1.165, 1.54) is 0 Å². The average Bonchev–Trinajstić information content (AvgIpc) is 2.04. The van der Waals surface area contributed by atoms with Gasteiger partial charge in [-0.05, 0) is 19.3 Å². The van der Waals surface area contributed by atoms with Crippen LogP contribution in [-0.2, 0) is 0 Å². The number of rotatable bonds is 1. The van der Waals surface area contributed by atoms with Crippen LogP contribution in [0, 0.1) is 0 Å². The summed E-state index contributed by atoms with van der Waals surface area (Å²) in [7, 11) is 0. The minimum Gasteiger partial charge on any atom is -0.449 e. The Hall–Kier alpha value is 1.42. The molecule has 0 amide bonds. The number of halogens is 4. The molecule has 0 radical (unpaired) electrons. The van der Waals surface area contributed by atoms with Gasteiger partial charge in [-0.25, -0.2) is 4.39 Å². The number of hydrogen-bond acceptors (Lipinski definition) is 0. The van der Waals surface area contributed by atoms with Gasteiger partial charge in [0.1, 0.15) is 5.67 Å². The Morgan fingerprint density at radius 3 is 1.43 bits per heavy atom. The Morgan fingerprint density at radius 1 is 0.786 bits per heavy atom. The minimum atomic E-state index is -4.78. The van der Waals surface area contributed by atoms with Crippen LogP contribution in [0.2, 0.25) is 5.31 Å². The molecule has 3 aliphatic rings. The molecule has 0 atom stereocenters. The van der Waals surface area contributed by atoms with Gasteiger partial charge in [0.15, 0.2) is 0 Å². The van der Waals surface area contributed by atoms with Crippen molar-refractivity contribution in [2.75, 3.05) is 0 Å². The molecule has 0 saturated heterocycles. The number of alkyl halides is 1. The van der Waals surface area contributed by atoms with Gasteiger partial charge in [-0.1, -0.05) is 24.6 Å². The van der Waals surface area contributed by atoms with Crippen LogP contribution in [0.5, 0.6) is 0 Å². The first-order chi connectivity index (χ1) is 5.87. The van der Waals surface area contributed by atoms with Crippen molar-refractivity contribution in [3.8, 4) is 0 Å². The SMILES string of the molecule is F[B-](F)(F)C12CCC(F)(CC1)CC2.[K+]. The third kappa shape index (κ3) is 2.10. The molecule has 0 aromatic carbocycles. The maximum absolute atomic E-state index is 13.5. The zero-order valence-corrected chi connectivity index (χ0v) is 11.5. The Balaban J connectivity index is 0.000000980. The Labute approximate surface area is 124 Å². The maximum atomic E-state index is 13.5. The molecule has 3 rings (SSSR count). The molecule has 0 unspecified atom stereocenters. The van der Waals surface area contributed by atoms with Crippen LogP contribution < -0.4 is 51.4 Å². The summed E-state index contributed by atoms with van der Waals surface area (Å²) in [5.74, 6) is 0. The van der Waals surface area contributed by atoms with E-state index in [0.29, 0.717) is 0 Å². The predicted molar refractivity (Wildman–Crippen MR) is 43.3 cm³/mol. The molecule has 76 valence electrons. The first-order valence-corrected chi connectivity index (χ1v) is 4.75. The standard InChI is InChI=1S/C8H12BF4.K/c10-8-4-1-7(2-5-8,3-6-8)9(11,12)13;/h1-6H2;/q-1;+1. The topological polar surface area (TPSA) is 0 Å².